The summed E-state index contributed by atoms with van der Waals surface area (Å²) in [5, 5.41) is 0. The van der Waals surface area contributed by atoms with Gasteiger partial charge in [0.1, 0.15) is 0 Å². The maximum absolute atomic E-state index is 14.0. The zero-order valence-corrected chi connectivity index (χ0v) is 42.2. The molecule has 2 N–H and O–H groups in total. The van der Waals surface area contributed by atoms with Crippen molar-refractivity contribution in [3.05, 3.63) is 211 Å². The van der Waals surface area contributed by atoms with Gasteiger partial charge in [0.2, 0.25) is 5.78 Å². The Morgan fingerprint density at radius 1 is 0.543 bits per heavy atom. The van der Waals surface area contributed by atoms with Gasteiger partial charge in [-0.1, -0.05) is 78.4 Å². The van der Waals surface area contributed by atoms with Gasteiger partial charge in [0.05, 0.1) is 17.5 Å². The van der Waals surface area contributed by atoms with Gasteiger partial charge in [-0.2, -0.15) is 0 Å². The van der Waals surface area contributed by atoms with Crippen molar-refractivity contribution >= 4 is 78.4 Å². The number of H-pyrrole nitrogens is 2. The summed E-state index contributed by atoms with van der Waals surface area (Å²) in [6.07, 6.45) is 1.70. The van der Waals surface area contributed by atoms with Gasteiger partial charge in [-0.3, -0.25) is 14.6 Å². The molecule has 0 bridgehead atoms. The number of aliphatic imine (C=N–C) groups is 2. The second-order valence-corrected chi connectivity index (χ2v) is 16.2. The number of nitrogens with one attached hydrogen (secondary N) is 2. The Bertz CT molecular complexity index is 3400. The third-order valence-corrected chi connectivity index (χ3v) is 11.3. The molecular weight excluding hydrogens is 1130 g/mol. The number of pyridine rings is 2. The van der Waals surface area contributed by atoms with E-state index in [0.717, 1.165) is 27.9 Å². The Balaban J connectivity index is 0.000000255. The summed E-state index contributed by atoms with van der Waals surface area (Å²) in [6, 6.07) is 39.4. The fraction of sp³-hybridized carbons (Fsp3) is 0.0566. The Kier molecular flexibility index (Phi) is 18.6. The van der Waals surface area contributed by atoms with Crippen LogP contribution in [0.5, 0.6) is 0 Å². The average molecular weight is 1170 g/mol. The number of carbonyl (C=O) groups is 2. The van der Waals surface area contributed by atoms with E-state index in [1.807, 2.05) is 93.6 Å². The quantitative estimate of drug-likeness (QED) is 0.0353. The normalized spacial score (nSPS) is 10.9. The van der Waals surface area contributed by atoms with Crippen LogP contribution in [-0.4, -0.2) is 34.0 Å². The Morgan fingerprint density at radius 3 is 1.53 bits per heavy atom. The van der Waals surface area contributed by atoms with Crippen molar-refractivity contribution < 1.29 is 63.6 Å². The number of aromatic amines is 2. The molecule has 0 amide bonds. The third kappa shape index (κ3) is 11.8. The zero-order chi connectivity index (χ0) is 48.8. The molecule has 0 saturated heterocycles. The predicted molar refractivity (Wildman–Crippen MR) is 268 cm³/mol. The molecule has 8 nitrogen and oxygen atoms in total. The first-order chi connectivity index (χ1) is 32.6. The number of aryl methyl sites for hydroxylation is 3. The van der Waals surface area contributed by atoms with Gasteiger partial charge >= 0.3 is 217 Å². The molecule has 8 aromatic rings. The van der Waals surface area contributed by atoms with Crippen molar-refractivity contribution in [3.63, 3.8) is 0 Å². The number of nitrogens with zero attached hydrogens (tertiary/aromatic N) is 2. The number of Topliss-reactive ketones (excluding diaryl/α,β-unsaturated/α-hetero) is 2. The van der Waals surface area contributed by atoms with Crippen molar-refractivity contribution in [2.75, 3.05) is 0 Å². The monoisotopic (exact) mass is 1160 g/mol. The van der Waals surface area contributed by atoms with Gasteiger partial charge in [-0.25, -0.2) is 0 Å². The number of rotatable bonds is 10. The van der Waals surface area contributed by atoms with Gasteiger partial charge in [0.15, 0.2) is 0 Å². The Hall–Kier alpha value is -6.45. The molecule has 0 unspecified atom stereocenters. The van der Waals surface area contributed by atoms with Crippen molar-refractivity contribution in [3.8, 4) is 44.6 Å². The number of halogens is 7. The van der Waals surface area contributed by atoms with E-state index in [1.165, 1.54) is 6.21 Å². The minimum atomic E-state index is -2.36. The molecule has 6 aromatic carbocycles. The molecular formula is C53H37Br2CuF5FeN4O4. The number of ketones is 2. The Labute approximate surface area is 435 Å². The van der Waals surface area contributed by atoms with E-state index >= 15 is 0 Å². The van der Waals surface area contributed by atoms with Crippen molar-refractivity contribution in [2.24, 2.45) is 9.98 Å². The van der Waals surface area contributed by atoms with Crippen LogP contribution in [0.15, 0.2) is 153 Å². The van der Waals surface area contributed by atoms with E-state index in [1.54, 1.807) is 60.7 Å². The maximum atomic E-state index is 14.0. The first-order valence-electron chi connectivity index (χ1n) is 20.4. The van der Waals surface area contributed by atoms with Crippen LogP contribution in [0.2, 0.25) is 0 Å². The third-order valence-electron chi connectivity index (χ3n) is 10.5. The summed E-state index contributed by atoms with van der Waals surface area (Å²) in [5.41, 5.74) is 4.89. The second kappa shape index (κ2) is 23.9. The molecule has 0 spiro atoms. The number of aromatic nitrogens is 2. The van der Waals surface area contributed by atoms with Crippen molar-refractivity contribution in [1.82, 2.24) is 9.97 Å². The summed E-state index contributed by atoms with van der Waals surface area (Å²) in [7, 11) is 0. The van der Waals surface area contributed by atoms with Crippen LogP contribution < -0.4 is 20.2 Å². The fourth-order valence-electron chi connectivity index (χ4n) is 7.46. The minimum absolute atomic E-state index is 0. The van der Waals surface area contributed by atoms with Gasteiger partial charge in [-0.15, -0.1) is 34.0 Å². The van der Waals surface area contributed by atoms with E-state index in [2.05, 4.69) is 36.0 Å². The van der Waals surface area contributed by atoms with Crippen LogP contribution in [0.3, 0.4) is 0 Å². The van der Waals surface area contributed by atoms with Gasteiger partial charge < -0.3 is 4.98 Å². The van der Waals surface area contributed by atoms with Crippen LogP contribution in [0.4, 0.5) is 33.3 Å². The molecule has 8 rings (SSSR count). The predicted octanol–water partition coefficient (Wildman–Crippen LogP) is 11.7. The number of benzene rings is 6. The first-order valence-corrected chi connectivity index (χ1v) is 21.4. The average Bonchev–Trinajstić information content (AvgIpc) is 3.33. The molecule has 2 aromatic heterocycles. The summed E-state index contributed by atoms with van der Waals surface area (Å²) in [4.78, 5) is 65.7. The van der Waals surface area contributed by atoms with Crippen LogP contribution in [0.1, 0.15) is 37.4 Å². The van der Waals surface area contributed by atoms with E-state index in [-0.39, 0.29) is 66.6 Å². The molecule has 361 valence electrons. The molecule has 0 aliphatic carbocycles. The summed E-state index contributed by atoms with van der Waals surface area (Å²) < 4.78 is 68.6. The summed E-state index contributed by atoms with van der Waals surface area (Å²) in [5.74, 6) is -12.6. The fourth-order valence-corrected chi connectivity index (χ4v) is 8.14. The second-order valence-electron chi connectivity index (χ2n) is 15.1. The van der Waals surface area contributed by atoms with Crippen molar-refractivity contribution in [1.29, 1.82) is 0 Å². The van der Waals surface area contributed by atoms with Gasteiger partial charge in [-0.05, 0) is 49.1 Å². The molecule has 0 atom stereocenters. The molecule has 0 saturated carbocycles. The molecule has 0 fully saturated rings. The molecule has 70 heavy (non-hydrogen) atoms. The Morgan fingerprint density at radius 2 is 0.986 bits per heavy atom. The van der Waals surface area contributed by atoms with E-state index in [0.29, 0.717) is 44.2 Å². The van der Waals surface area contributed by atoms with Crippen molar-refractivity contribution in [2.45, 2.75) is 20.8 Å². The topological polar surface area (TPSA) is 125 Å². The number of hydrogen-bond acceptors (Lipinski definition) is 6. The van der Waals surface area contributed by atoms with Crippen LogP contribution in [0, 0.1) is 49.9 Å². The zero-order valence-electron chi connectivity index (χ0n) is 36.7. The van der Waals surface area contributed by atoms with E-state index < -0.39 is 46.1 Å². The SMILES string of the molecule is Br.Br.Cc1cc(C)c(N=CC(=O)c2cc(-c3ccccc3)[nH]c(=O)c2-c2ccccc2)c(C)c1.O=C(C=Nc1c(F)c(F)c(F)c(F)c1F)c1[c]([Cu])[nH]c(=O)c(-c2ccccc2)c1-c1cccc[c]1[Fe]. The molecule has 17 heteroatoms. The molecule has 0 radical (unpaired) electrons. The van der Waals surface area contributed by atoms with Gasteiger partial charge in [0, 0.05) is 11.3 Å². The molecule has 2 heterocycles. The number of carbonyl (C=O) groups excluding carboxylic acids is 2. The van der Waals surface area contributed by atoms with Crippen LogP contribution in [-0.2, 0) is 32.0 Å². The van der Waals surface area contributed by atoms with Crippen LogP contribution >= 0.6 is 34.0 Å². The standard InChI is InChI=1S/C28H24N2O2.C25H11F5N2O2.2BrH.Cu.Fe/c1-18-14-19(2)27(20(3)15-18)29-17-25(31)23-16-24(21-10-6-4-7-11-21)30-28(32)26(23)22-12-8-5-9-13-22;26-19-20(27)22(29)24(23(30)21(19)28)31-12-16(33)15-11-32-25(34)18(14-9-5-2-6-10-14)17(15)13-7-3-1-4-8-13;;;;/h4-17H,1-3H3,(H,30,32);1-7,9-10,12H,(H,32,34);2*1H;;. The molecule has 0 aliphatic rings. The summed E-state index contributed by atoms with van der Waals surface area (Å²) in [6.45, 7) is 5.99. The summed E-state index contributed by atoms with van der Waals surface area (Å²) >= 11 is 9.34. The van der Waals surface area contributed by atoms with E-state index in [9.17, 15) is 41.1 Å². The van der Waals surface area contributed by atoms with Gasteiger partial charge in [0.25, 0.3) is 5.56 Å². The van der Waals surface area contributed by atoms with E-state index in [4.69, 9.17) is 16.0 Å². The number of hydrogen-bond donors (Lipinski definition) is 2. The molecule has 0 aliphatic heterocycles. The van der Waals surface area contributed by atoms with Crippen LogP contribution in [0.25, 0.3) is 44.6 Å². The first kappa shape index (κ1) is 54.5.